The molecule has 7 heteroatoms. The summed E-state index contributed by atoms with van der Waals surface area (Å²) in [6.45, 7) is 0. The van der Waals surface area contributed by atoms with Crippen LogP contribution in [0.25, 0.3) is 10.8 Å². The summed E-state index contributed by atoms with van der Waals surface area (Å²) in [4.78, 5) is 24.4. The highest BCUT2D eigenvalue weighted by molar-refractivity contribution is 7.75. The van der Waals surface area contributed by atoms with Crippen LogP contribution < -0.4 is 4.18 Å². The van der Waals surface area contributed by atoms with Gasteiger partial charge in [0.25, 0.3) is 11.8 Å². The van der Waals surface area contributed by atoms with Crippen LogP contribution in [0.2, 0.25) is 0 Å². The molecule has 0 fully saturated rings. The van der Waals surface area contributed by atoms with E-state index < -0.39 is 23.2 Å². The van der Waals surface area contributed by atoms with Crippen molar-refractivity contribution in [2.75, 3.05) is 0 Å². The zero-order valence-electron chi connectivity index (χ0n) is 12.7. The number of hydrogen-bond acceptors (Lipinski definition) is 5. The summed E-state index contributed by atoms with van der Waals surface area (Å²) in [5.74, 6) is -1.01. The second-order valence-electron chi connectivity index (χ2n) is 5.29. The van der Waals surface area contributed by atoms with E-state index in [9.17, 15) is 13.8 Å². The Balaban J connectivity index is 1.55. The summed E-state index contributed by atoms with van der Waals surface area (Å²) in [7, 11) is 0. The minimum Gasteiger partial charge on any atom is -0.378 e. The molecule has 3 aromatic carbocycles. The standard InChI is InChI=1S/C18H11NO5S/c20-17-14-9-3-4-10-15(14)18(21)19(17)24-25(22)23-16-11-5-7-12-6-1-2-8-13(12)16/h1-11H. The Hall–Kier alpha value is -3.03. The molecular formula is C18H11NO5S. The molecule has 2 amide bonds. The summed E-state index contributed by atoms with van der Waals surface area (Å²) in [6.07, 6.45) is 0. The number of imide groups is 1. The van der Waals surface area contributed by atoms with Gasteiger partial charge in [-0.25, -0.2) is 0 Å². The van der Waals surface area contributed by atoms with Crippen molar-refractivity contribution in [3.8, 4) is 5.75 Å². The Morgan fingerprint density at radius 1 is 0.760 bits per heavy atom. The van der Waals surface area contributed by atoms with Gasteiger partial charge < -0.3 is 4.18 Å². The SMILES string of the molecule is O=C1c2ccccc2C(=O)N1OS(=O)Oc1cccc2ccccc12. The number of carbonyl (C=O) groups is 2. The Kier molecular flexibility index (Phi) is 3.79. The maximum atomic E-state index is 12.2. The highest BCUT2D eigenvalue weighted by atomic mass is 32.2. The predicted molar refractivity (Wildman–Crippen MR) is 90.7 cm³/mol. The number of amides is 2. The van der Waals surface area contributed by atoms with E-state index in [0.29, 0.717) is 10.8 Å². The molecule has 1 atom stereocenters. The smallest absolute Gasteiger partial charge is 0.378 e. The molecule has 4 rings (SSSR count). The summed E-state index contributed by atoms with van der Waals surface area (Å²) in [6, 6.07) is 18.9. The third-order valence-corrected chi connectivity index (χ3v) is 4.39. The van der Waals surface area contributed by atoms with Crippen molar-refractivity contribution < 1.29 is 22.3 Å². The second kappa shape index (κ2) is 6.12. The molecule has 0 N–H and O–H groups in total. The van der Waals surface area contributed by atoms with Gasteiger partial charge in [0.05, 0.1) is 11.1 Å². The topological polar surface area (TPSA) is 72.9 Å². The monoisotopic (exact) mass is 353 g/mol. The van der Waals surface area contributed by atoms with Crippen molar-refractivity contribution in [3.05, 3.63) is 77.9 Å². The number of rotatable bonds is 4. The number of fused-ring (bicyclic) bond motifs is 2. The van der Waals surface area contributed by atoms with E-state index in [4.69, 9.17) is 8.47 Å². The fourth-order valence-electron chi connectivity index (χ4n) is 2.65. The van der Waals surface area contributed by atoms with Gasteiger partial charge in [-0.05, 0) is 23.6 Å². The molecule has 0 spiro atoms. The maximum absolute atomic E-state index is 12.2. The highest BCUT2D eigenvalue weighted by Crippen LogP contribution is 2.27. The Labute approximate surface area is 145 Å². The van der Waals surface area contributed by atoms with Crippen LogP contribution in [0.1, 0.15) is 20.7 Å². The fourth-order valence-corrected chi connectivity index (χ4v) is 3.23. The van der Waals surface area contributed by atoms with Crippen LogP contribution in [0, 0.1) is 0 Å². The first-order valence-electron chi connectivity index (χ1n) is 7.39. The van der Waals surface area contributed by atoms with Crippen molar-refractivity contribution in [3.63, 3.8) is 0 Å². The summed E-state index contributed by atoms with van der Waals surface area (Å²) in [5, 5.41) is 2.10. The van der Waals surface area contributed by atoms with Crippen LogP contribution in [0.3, 0.4) is 0 Å². The number of hydroxylamine groups is 2. The lowest BCUT2D eigenvalue weighted by Crippen LogP contribution is -2.31. The number of hydrogen-bond donors (Lipinski definition) is 0. The van der Waals surface area contributed by atoms with Crippen molar-refractivity contribution in [2.45, 2.75) is 0 Å². The van der Waals surface area contributed by atoms with E-state index in [0.717, 1.165) is 10.8 Å². The lowest BCUT2D eigenvalue weighted by atomic mass is 10.1. The van der Waals surface area contributed by atoms with Crippen LogP contribution in [0.5, 0.6) is 5.75 Å². The van der Waals surface area contributed by atoms with Crippen LogP contribution >= 0.6 is 0 Å². The van der Waals surface area contributed by atoms with Gasteiger partial charge >= 0.3 is 11.4 Å². The number of benzene rings is 3. The van der Waals surface area contributed by atoms with E-state index in [1.54, 1.807) is 24.3 Å². The molecule has 1 aliphatic rings. The molecule has 3 aromatic rings. The molecule has 0 aliphatic carbocycles. The molecule has 1 aliphatic heterocycles. The molecule has 0 bridgehead atoms. The van der Waals surface area contributed by atoms with Gasteiger partial charge in [0.1, 0.15) is 0 Å². The van der Waals surface area contributed by atoms with Gasteiger partial charge in [-0.1, -0.05) is 48.5 Å². The minimum atomic E-state index is -2.36. The van der Waals surface area contributed by atoms with Crippen molar-refractivity contribution >= 4 is 33.9 Å². The first kappa shape index (κ1) is 15.5. The molecular weight excluding hydrogens is 342 g/mol. The van der Waals surface area contributed by atoms with Crippen LogP contribution in [0.15, 0.2) is 66.7 Å². The lowest BCUT2D eigenvalue weighted by molar-refractivity contribution is -0.0105. The average molecular weight is 353 g/mol. The third kappa shape index (κ3) is 2.69. The molecule has 0 radical (unpaired) electrons. The zero-order chi connectivity index (χ0) is 17.4. The maximum Gasteiger partial charge on any atom is 0.383 e. The molecule has 0 aromatic heterocycles. The molecule has 0 saturated heterocycles. The number of nitrogens with zero attached hydrogens (tertiary/aromatic N) is 1. The minimum absolute atomic E-state index is 0.203. The van der Waals surface area contributed by atoms with Crippen molar-refractivity contribution in [2.24, 2.45) is 0 Å². The summed E-state index contributed by atoms with van der Waals surface area (Å²) < 4.78 is 22.4. The van der Waals surface area contributed by atoms with Crippen LogP contribution in [-0.4, -0.2) is 21.1 Å². The van der Waals surface area contributed by atoms with E-state index in [2.05, 4.69) is 0 Å². The van der Waals surface area contributed by atoms with E-state index in [1.165, 1.54) is 12.1 Å². The van der Waals surface area contributed by atoms with E-state index in [1.807, 2.05) is 30.3 Å². The quantitative estimate of drug-likeness (QED) is 0.674. The second-order valence-corrected chi connectivity index (χ2v) is 6.01. The molecule has 0 saturated carbocycles. The molecule has 1 heterocycles. The Morgan fingerprint density at radius 3 is 2.08 bits per heavy atom. The highest BCUT2D eigenvalue weighted by Gasteiger charge is 2.38. The summed E-state index contributed by atoms with van der Waals surface area (Å²) >= 11 is -2.36. The van der Waals surface area contributed by atoms with Crippen LogP contribution in [-0.2, 0) is 15.6 Å². The predicted octanol–water partition coefficient (Wildman–Crippen LogP) is 3.03. The molecule has 6 nitrogen and oxygen atoms in total. The number of carbonyl (C=O) groups excluding carboxylic acids is 2. The molecule has 1 unspecified atom stereocenters. The van der Waals surface area contributed by atoms with Gasteiger partial charge in [0.2, 0.25) is 0 Å². The van der Waals surface area contributed by atoms with E-state index >= 15 is 0 Å². The lowest BCUT2D eigenvalue weighted by Gasteiger charge is -2.12. The van der Waals surface area contributed by atoms with Gasteiger partial charge in [0, 0.05) is 5.39 Å². The fraction of sp³-hybridized carbons (Fsp3) is 0. The van der Waals surface area contributed by atoms with Gasteiger partial charge in [-0.2, -0.15) is 4.21 Å². The summed E-state index contributed by atoms with van der Waals surface area (Å²) in [5.41, 5.74) is 0.407. The van der Waals surface area contributed by atoms with Gasteiger partial charge in [-0.15, -0.1) is 9.35 Å². The zero-order valence-corrected chi connectivity index (χ0v) is 13.6. The van der Waals surface area contributed by atoms with Crippen molar-refractivity contribution in [1.82, 2.24) is 5.06 Å². The average Bonchev–Trinajstić information content (AvgIpc) is 2.87. The van der Waals surface area contributed by atoms with Gasteiger partial charge in [-0.3, -0.25) is 9.59 Å². The Bertz CT molecular complexity index is 992. The largest absolute Gasteiger partial charge is 0.383 e. The van der Waals surface area contributed by atoms with E-state index in [-0.39, 0.29) is 11.1 Å². The Morgan fingerprint density at radius 2 is 1.36 bits per heavy atom. The molecule has 124 valence electrons. The third-order valence-electron chi connectivity index (χ3n) is 3.80. The molecule has 25 heavy (non-hydrogen) atoms. The van der Waals surface area contributed by atoms with Crippen LogP contribution in [0.4, 0.5) is 0 Å². The first-order valence-corrected chi connectivity index (χ1v) is 8.39. The first-order chi connectivity index (χ1) is 12.1. The van der Waals surface area contributed by atoms with Gasteiger partial charge in [0.15, 0.2) is 5.75 Å². The normalized spacial score (nSPS) is 14.6. The van der Waals surface area contributed by atoms with Crippen molar-refractivity contribution in [1.29, 1.82) is 0 Å².